The van der Waals surface area contributed by atoms with E-state index in [-0.39, 0.29) is 5.91 Å². The van der Waals surface area contributed by atoms with Gasteiger partial charge in [0.15, 0.2) is 0 Å². The second-order valence-electron chi connectivity index (χ2n) is 3.23. The quantitative estimate of drug-likeness (QED) is 0.670. The normalized spacial score (nSPS) is 11.3. The second kappa shape index (κ2) is 5.90. The number of rotatable bonds is 3. The number of hydrogen-bond acceptors (Lipinski definition) is 1. The fourth-order valence-electron chi connectivity index (χ4n) is 1.18. The maximum Gasteiger partial charge on any atom is 0.251 e. The highest BCUT2D eigenvalue weighted by Crippen LogP contribution is 2.17. The lowest BCUT2D eigenvalue weighted by Crippen LogP contribution is -2.13. The number of allylic oxidation sites excluding steroid dienone is 1. The molecule has 80 valence electrons. The Morgan fingerprint density at radius 3 is 2.73 bits per heavy atom. The van der Waals surface area contributed by atoms with Crippen LogP contribution in [0.1, 0.15) is 20.3 Å². The van der Waals surface area contributed by atoms with Gasteiger partial charge in [0.1, 0.15) is 0 Å². The predicted octanol–water partition coefficient (Wildman–Crippen LogP) is 3.59. The molecule has 1 aromatic carbocycles. The molecule has 2 nitrogen and oxygen atoms in total. The summed E-state index contributed by atoms with van der Waals surface area (Å²) >= 11 is 2.20. The van der Waals surface area contributed by atoms with Crippen molar-refractivity contribution in [2.24, 2.45) is 0 Å². The molecule has 0 saturated carbocycles. The lowest BCUT2D eigenvalue weighted by atomic mass is 10.2. The Kier molecular flexibility index (Phi) is 4.81. The van der Waals surface area contributed by atoms with Crippen LogP contribution in [0.4, 0.5) is 5.69 Å². The maximum atomic E-state index is 11.7. The van der Waals surface area contributed by atoms with Crippen LogP contribution in [0.15, 0.2) is 35.9 Å². The minimum Gasteiger partial charge on any atom is -0.321 e. The smallest absolute Gasteiger partial charge is 0.251 e. The van der Waals surface area contributed by atoms with Crippen molar-refractivity contribution in [3.05, 3.63) is 39.5 Å². The lowest BCUT2D eigenvalue weighted by Gasteiger charge is -2.06. The predicted molar refractivity (Wildman–Crippen MR) is 71.8 cm³/mol. The number of benzene rings is 1. The number of hydrogen-bond donors (Lipinski definition) is 1. The SMILES string of the molecule is CC/C=C(/C)C(=O)Nc1ccccc1I. The van der Waals surface area contributed by atoms with Gasteiger partial charge in [0.05, 0.1) is 5.69 Å². The lowest BCUT2D eigenvalue weighted by molar-refractivity contribution is -0.112. The van der Waals surface area contributed by atoms with Gasteiger partial charge in [-0.3, -0.25) is 4.79 Å². The number of carbonyl (C=O) groups is 1. The van der Waals surface area contributed by atoms with Crippen LogP contribution >= 0.6 is 22.6 Å². The van der Waals surface area contributed by atoms with Crippen molar-refractivity contribution < 1.29 is 4.79 Å². The van der Waals surface area contributed by atoms with E-state index < -0.39 is 0 Å². The molecule has 0 radical (unpaired) electrons. The fraction of sp³-hybridized carbons (Fsp3) is 0.250. The summed E-state index contributed by atoms with van der Waals surface area (Å²) in [5, 5.41) is 2.88. The minimum atomic E-state index is -0.0269. The van der Waals surface area contributed by atoms with Gasteiger partial charge >= 0.3 is 0 Å². The standard InChI is InChI=1S/C12H14INO/c1-3-6-9(2)12(15)14-11-8-5-4-7-10(11)13/h4-8H,3H2,1-2H3,(H,14,15)/b9-6-. The van der Waals surface area contributed by atoms with Gasteiger partial charge < -0.3 is 5.32 Å². The molecule has 0 aromatic heterocycles. The second-order valence-corrected chi connectivity index (χ2v) is 4.39. The Hall–Kier alpha value is -0.840. The van der Waals surface area contributed by atoms with Crippen molar-refractivity contribution in [2.75, 3.05) is 5.32 Å². The summed E-state index contributed by atoms with van der Waals surface area (Å²) in [6.07, 6.45) is 2.80. The van der Waals surface area contributed by atoms with Gasteiger partial charge in [-0.1, -0.05) is 25.1 Å². The summed E-state index contributed by atoms with van der Waals surface area (Å²) in [4.78, 5) is 11.7. The first-order chi connectivity index (χ1) is 7.15. The number of amides is 1. The molecule has 0 saturated heterocycles. The summed E-state index contributed by atoms with van der Waals surface area (Å²) < 4.78 is 1.05. The first-order valence-electron chi connectivity index (χ1n) is 4.87. The summed E-state index contributed by atoms with van der Waals surface area (Å²) in [5.74, 6) is -0.0269. The van der Waals surface area contributed by atoms with E-state index in [2.05, 4.69) is 27.9 Å². The molecule has 0 bridgehead atoms. The zero-order valence-electron chi connectivity index (χ0n) is 8.88. The Labute approximate surface area is 104 Å². The van der Waals surface area contributed by atoms with Crippen LogP contribution in [-0.4, -0.2) is 5.91 Å². The Morgan fingerprint density at radius 2 is 2.13 bits per heavy atom. The van der Waals surface area contributed by atoms with Crippen LogP contribution in [0.25, 0.3) is 0 Å². The number of para-hydroxylation sites is 1. The van der Waals surface area contributed by atoms with Crippen LogP contribution < -0.4 is 5.32 Å². The van der Waals surface area contributed by atoms with Gasteiger partial charge in [-0.25, -0.2) is 0 Å². The summed E-state index contributed by atoms with van der Waals surface area (Å²) in [6, 6.07) is 7.73. The van der Waals surface area contributed by atoms with E-state index in [1.54, 1.807) is 0 Å². The van der Waals surface area contributed by atoms with Crippen LogP contribution in [0, 0.1) is 3.57 Å². The summed E-state index contributed by atoms with van der Waals surface area (Å²) in [5.41, 5.74) is 1.63. The third-order valence-electron chi connectivity index (χ3n) is 1.99. The molecule has 15 heavy (non-hydrogen) atoms. The molecule has 0 aliphatic rings. The molecule has 0 spiro atoms. The zero-order chi connectivity index (χ0) is 11.3. The number of anilines is 1. The molecular formula is C12H14INO. The van der Waals surface area contributed by atoms with E-state index in [4.69, 9.17) is 0 Å². The molecule has 1 aromatic rings. The third kappa shape index (κ3) is 3.66. The highest BCUT2D eigenvalue weighted by Gasteiger charge is 2.05. The molecule has 0 atom stereocenters. The average molecular weight is 315 g/mol. The van der Waals surface area contributed by atoms with Crippen molar-refractivity contribution >= 4 is 34.2 Å². The van der Waals surface area contributed by atoms with Crippen LogP contribution in [0.3, 0.4) is 0 Å². The van der Waals surface area contributed by atoms with Gasteiger partial charge in [0, 0.05) is 9.14 Å². The number of carbonyl (C=O) groups excluding carboxylic acids is 1. The molecular weight excluding hydrogens is 301 g/mol. The zero-order valence-corrected chi connectivity index (χ0v) is 11.0. The fourth-order valence-corrected chi connectivity index (χ4v) is 1.70. The summed E-state index contributed by atoms with van der Waals surface area (Å²) in [6.45, 7) is 3.84. The third-order valence-corrected chi connectivity index (χ3v) is 2.93. The van der Waals surface area contributed by atoms with Gasteiger partial charge in [0.2, 0.25) is 0 Å². The van der Waals surface area contributed by atoms with Gasteiger partial charge in [0.25, 0.3) is 5.91 Å². The van der Waals surface area contributed by atoms with E-state index >= 15 is 0 Å². The van der Waals surface area contributed by atoms with Crippen LogP contribution in [0.5, 0.6) is 0 Å². The van der Waals surface area contributed by atoms with Crippen molar-refractivity contribution in [3.8, 4) is 0 Å². The molecule has 3 heteroatoms. The minimum absolute atomic E-state index is 0.0269. The van der Waals surface area contributed by atoms with Crippen molar-refractivity contribution in [3.63, 3.8) is 0 Å². The van der Waals surface area contributed by atoms with Gasteiger partial charge in [-0.05, 0) is 48.1 Å². The molecule has 1 N–H and O–H groups in total. The van der Waals surface area contributed by atoms with Crippen LogP contribution in [0.2, 0.25) is 0 Å². The molecule has 0 aliphatic carbocycles. The highest BCUT2D eigenvalue weighted by molar-refractivity contribution is 14.1. The Morgan fingerprint density at radius 1 is 1.47 bits per heavy atom. The molecule has 0 heterocycles. The van der Waals surface area contributed by atoms with Gasteiger partial charge in [-0.2, -0.15) is 0 Å². The van der Waals surface area contributed by atoms with E-state index in [1.165, 1.54) is 0 Å². The highest BCUT2D eigenvalue weighted by atomic mass is 127. The van der Waals surface area contributed by atoms with Crippen LogP contribution in [-0.2, 0) is 4.79 Å². The van der Waals surface area contributed by atoms with E-state index in [0.717, 1.165) is 21.3 Å². The molecule has 1 amide bonds. The van der Waals surface area contributed by atoms with E-state index in [9.17, 15) is 4.79 Å². The van der Waals surface area contributed by atoms with Crippen molar-refractivity contribution in [1.82, 2.24) is 0 Å². The van der Waals surface area contributed by atoms with Gasteiger partial charge in [-0.15, -0.1) is 0 Å². The average Bonchev–Trinajstić information content (AvgIpc) is 2.21. The van der Waals surface area contributed by atoms with Crippen molar-refractivity contribution in [1.29, 1.82) is 0 Å². The molecule has 0 unspecified atom stereocenters. The summed E-state index contributed by atoms with van der Waals surface area (Å²) in [7, 11) is 0. The first kappa shape index (κ1) is 12.2. The molecule has 1 rings (SSSR count). The number of halogens is 1. The maximum absolute atomic E-state index is 11.7. The first-order valence-corrected chi connectivity index (χ1v) is 5.95. The molecule has 0 fully saturated rings. The number of nitrogens with one attached hydrogen (secondary N) is 1. The van der Waals surface area contributed by atoms with E-state index in [0.29, 0.717) is 0 Å². The molecule has 0 aliphatic heterocycles. The Balaban J connectivity index is 2.75. The monoisotopic (exact) mass is 315 g/mol. The van der Waals surface area contributed by atoms with Crippen molar-refractivity contribution in [2.45, 2.75) is 20.3 Å². The Bertz CT molecular complexity index is 385. The largest absolute Gasteiger partial charge is 0.321 e. The topological polar surface area (TPSA) is 29.1 Å². The van der Waals surface area contributed by atoms with E-state index in [1.807, 2.05) is 44.2 Å².